The molecule has 0 amide bonds. The minimum Gasteiger partial charge on any atom is -0.371 e. The molecule has 1 fully saturated rings. The summed E-state index contributed by atoms with van der Waals surface area (Å²) in [5, 5.41) is 8.73. The van der Waals surface area contributed by atoms with E-state index < -0.39 is 0 Å². The Morgan fingerprint density at radius 1 is 1.44 bits per heavy atom. The molecule has 1 saturated heterocycles. The summed E-state index contributed by atoms with van der Waals surface area (Å²) in [5.41, 5.74) is 9.72. The van der Waals surface area contributed by atoms with Crippen LogP contribution in [0.2, 0.25) is 0 Å². The summed E-state index contributed by atoms with van der Waals surface area (Å²) in [4.78, 5) is 6.68. The number of anilines is 1. The van der Waals surface area contributed by atoms with E-state index in [1.807, 2.05) is 24.5 Å². The number of halogens is 1. The van der Waals surface area contributed by atoms with Crippen molar-refractivity contribution in [3.8, 4) is 0 Å². The Kier molecular flexibility index (Phi) is 5.25. The Balaban J connectivity index is 1.66. The predicted molar refractivity (Wildman–Crippen MR) is 105 cm³/mol. The SMILES string of the molecule is C=C/C(Cl)=C\C=C(/C)CC1(N)CCN(c2ccnc3[nH]ncc23)CC1. The molecule has 3 heterocycles. The monoisotopic (exact) mass is 357 g/mol. The molecule has 0 spiro atoms. The van der Waals surface area contributed by atoms with E-state index in [9.17, 15) is 0 Å². The zero-order valence-corrected chi connectivity index (χ0v) is 15.3. The molecular formula is C19H24ClN5. The third-order valence-electron chi connectivity index (χ3n) is 4.78. The lowest BCUT2D eigenvalue weighted by atomic mass is 9.82. The van der Waals surface area contributed by atoms with Gasteiger partial charge < -0.3 is 10.6 Å². The minimum atomic E-state index is -0.172. The lowest BCUT2D eigenvalue weighted by molar-refractivity contribution is 0.331. The molecule has 0 aromatic carbocycles. The maximum Gasteiger partial charge on any atom is 0.157 e. The third kappa shape index (κ3) is 4.11. The molecule has 0 saturated carbocycles. The number of hydrogen-bond acceptors (Lipinski definition) is 4. The van der Waals surface area contributed by atoms with Crippen molar-refractivity contribution in [2.75, 3.05) is 18.0 Å². The Labute approximate surface area is 153 Å². The molecule has 25 heavy (non-hydrogen) atoms. The minimum absolute atomic E-state index is 0.172. The Bertz CT molecular complexity index is 812. The van der Waals surface area contributed by atoms with E-state index in [-0.39, 0.29) is 5.54 Å². The van der Waals surface area contributed by atoms with Crippen LogP contribution in [0.4, 0.5) is 5.69 Å². The number of aromatic nitrogens is 3. The number of aromatic amines is 1. The molecule has 3 N–H and O–H groups in total. The topological polar surface area (TPSA) is 70.8 Å². The third-order valence-corrected chi connectivity index (χ3v) is 5.06. The van der Waals surface area contributed by atoms with Crippen molar-refractivity contribution in [2.24, 2.45) is 5.73 Å². The van der Waals surface area contributed by atoms with Crippen LogP contribution in [-0.4, -0.2) is 33.8 Å². The molecule has 0 atom stereocenters. The predicted octanol–water partition coefficient (Wildman–Crippen LogP) is 3.90. The summed E-state index contributed by atoms with van der Waals surface area (Å²) >= 11 is 5.96. The first-order valence-electron chi connectivity index (χ1n) is 8.48. The van der Waals surface area contributed by atoms with Crippen LogP contribution in [0.1, 0.15) is 26.2 Å². The number of piperidine rings is 1. The van der Waals surface area contributed by atoms with Crippen LogP contribution in [0.3, 0.4) is 0 Å². The number of hydrogen-bond donors (Lipinski definition) is 2. The molecule has 1 aliphatic rings. The van der Waals surface area contributed by atoms with Crippen molar-refractivity contribution in [2.45, 2.75) is 31.7 Å². The van der Waals surface area contributed by atoms with Gasteiger partial charge in [0.05, 0.1) is 17.3 Å². The average molecular weight is 358 g/mol. The fourth-order valence-corrected chi connectivity index (χ4v) is 3.45. The summed E-state index contributed by atoms with van der Waals surface area (Å²) in [5.74, 6) is 0. The lowest BCUT2D eigenvalue weighted by Crippen LogP contribution is -2.50. The standard InChI is InChI=1S/C19H24ClN5/c1-3-15(20)5-4-14(2)12-19(21)7-10-25(11-8-19)17-6-9-22-18-16(17)13-23-24-18/h3-6,9,13H,1,7-8,10-12,21H2,2H3,(H,22,23,24)/b14-4+,15-5+. The highest BCUT2D eigenvalue weighted by molar-refractivity contribution is 6.31. The number of nitrogens with zero attached hydrogens (tertiary/aromatic N) is 3. The normalized spacial score (nSPS) is 18.6. The highest BCUT2D eigenvalue weighted by Crippen LogP contribution is 2.32. The van der Waals surface area contributed by atoms with Crippen LogP contribution in [0.25, 0.3) is 11.0 Å². The number of nitrogens with one attached hydrogen (secondary N) is 1. The van der Waals surface area contributed by atoms with Crippen LogP contribution in [-0.2, 0) is 0 Å². The van der Waals surface area contributed by atoms with E-state index in [1.54, 1.807) is 6.08 Å². The second kappa shape index (κ2) is 7.42. The molecule has 5 nitrogen and oxygen atoms in total. The number of allylic oxidation sites excluding steroid dienone is 4. The van der Waals surface area contributed by atoms with Gasteiger partial charge in [-0.2, -0.15) is 5.10 Å². The quantitative estimate of drug-likeness (QED) is 0.796. The van der Waals surface area contributed by atoms with Gasteiger partial charge in [0.25, 0.3) is 0 Å². The number of pyridine rings is 1. The molecule has 0 radical (unpaired) electrons. The van der Waals surface area contributed by atoms with Crippen LogP contribution in [0.15, 0.2) is 53.9 Å². The molecule has 2 aromatic rings. The highest BCUT2D eigenvalue weighted by atomic mass is 35.5. The van der Waals surface area contributed by atoms with Crippen molar-refractivity contribution in [1.82, 2.24) is 15.2 Å². The Morgan fingerprint density at radius 3 is 2.92 bits per heavy atom. The molecule has 0 unspecified atom stereocenters. The Morgan fingerprint density at radius 2 is 2.20 bits per heavy atom. The molecule has 132 valence electrons. The maximum atomic E-state index is 6.66. The van der Waals surface area contributed by atoms with Crippen molar-refractivity contribution in [1.29, 1.82) is 0 Å². The smallest absolute Gasteiger partial charge is 0.157 e. The van der Waals surface area contributed by atoms with Gasteiger partial charge in [0.15, 0.2) is 5.65 Å². The van der Waals surface area contributed by atoms with Crippen LogP contribution in [0.5, 0.6) is 0 Å². The molecule has 3 rings (SSSR count). The fraction of sp³-hybridized carbons (Fsp3) is 0.368. The van der Waals surface area contributed by atoms with E-state index in [2.05, 4.69) is 39.7 Å². The number of nitrogens with two attached hydrogens (primary N) is 1. The second-order valence-corrected chi connectivity index (χ2v) is 7.19. The first-order valence-corrected chi connectivity index (χ1v) is 8.86. The van der Waals surface area contributed by atoms with Gasteiger partial charge >= 0.3 is 0 Å². The van der Waals surface area contributed by atoms with Crippen molar-refractivity contribution < 1.29 is 0 Å². The average Bonchev–Trinajstić information content (AvgIpc) is 3.09. The van der Waals surface area contributed by atoms with Crippen LogP contribution >= 0.6 is 11.6 Å². The van der Waals surface area contributed by atoms with Gasteiger partial charge in [-0.1, -0.05) is 35.9 Å². The van der Waals surface area contributed by atoms with Gasteiger partial charge in [-0.05, 0) is 38.3 Å². The summed E-state index contributed by atoms with van der Waals surface area (Å²) in [7, 11) is 0. The van der Waals surface area contributed by atoms with Crippen LogP contribution in [0, 0.1) is 0 Å². The van der Waals surface area contributed by atoms with Gasteiger partial charge in [-0.3, -0.25) is 5.10 Å². The molecular weight excluding hydrogens is 334 g/mol. The zero-order chi connectivity index (χ0) is 17.9. The number of fused-ring (bicyclic) bond motifs is 1. The fourth-order valence-electron chi connectivity index (χ4n) is 3.39. The van der Waals surface area contributed by atoms with E-state index in [4.69, 9.17) is 17.3 Å². The first kappa shape index (κ1) is 17.7. The highest BCUT2D eigenvalue weighted by Gasteiger charge is 2.31. The zero-order valence-electron chi connectivity index (χ0n) is 14.5. The van der Waals surface area contributed by atoms with E-state index >= 15 is 0 Å². The molecule has 0 bridgehead atoms. The molecule has 0 aliphatic carbocycles. The molecule has 6 heteroatoms. The number of rotatable bonds is 5. The van der Waals surface area contributed by atoms with E-state index in [0.717, 1.165) is 43.4 Å². The van der Waals surface area contributed by atoms with Crippen molar-refractivity contribution >= 4 is 28.3 Å². The van der Waals surface area contributed by atoms with E-state index in [1.165, 1.54) is 11.3 Å². The van der Waals surface area contributed by atoms with Gasteiger partial charge in [0.2, 0.25) is 0 Å². The molecule has 1 aliphatic heterocycles. The number of H-pyrrole nitrogens is 1. The summed E-state index contributed by atoms with van der Waals surface area (Å²) in [6.07, 6.45) is 12.0. The van der Waals surface area contributed by atoms with Gasteiger partial charge in [0, 0.05) is 29.9 Å². The van der Waals surface area contributed by atoms with Gasteiger partial charge in [-0.25, -0.2) is 4.98 Å². The summed E-state index contributed by atoms with van der Waals surface area (Å²) < 4.78 is 0. The van der Waals surface area contributed by atoms with Crippen LogP contribution < -0.4 is 10.6 Å². The first-order chi connectivity index (χ1) is 12.0. The van der Waals surface area contributed by atoms with Gasteiger partial charge in [0.1, 0.15) is 0 Å². The maximum absolute atomic E-state index is 6.66. The van der Waals surface area contributed by atoms with Gasteiger partial charge in [-0.15, -0.1) is 0 Å². The Hall–Kier alpha value is -2.11. The summed E-state index contributed by atoms with van der Waals surface area (Å²) in [6.45, 7) is 7.61. The van der Waals surface area contributed by atoms with Crippen molar-refractivity contribution in [3.05, 3.63) is 53.9 Å². The van der Waals surface area contributed by atoms with E-state index in [0.29, 0.717) is 5.03 Å². The van der Waals surface area contributed by atoms with Crippen molar-refractivity contribution in [3.63, 3.8) is 0 Å². The molecule has 2 aromatic heterocycles. The second-order valence-electron chi connectivity index (χ2n) is 6.76. The lowest BCUT2D eigenvalue weighted by Gasteiger charge is -2.40. The summed E-state index contributed by atoms with van der Waals surface area (Å²) in [6, 6.07) is 2.05. The largest absolute Gasteiger partial charge is 0.371 e.